The minimum Gasteiger partial charge on any atom is -0.478 e. The van der Waals surface area contributed by atoms with Crippen molar-refractivity contribution in [3.63, 3.8) is 0 Å². The molecule has 168 valence electrons. The van der Waals surface area contributed by atoms with E-state index < -0.39 is 29.2 Å². The summed E-state index contributed by atoms with van der Waals surface area (Å²) in [5.41, 5.74) is -3.64. The number of aromatic carboxylic acids is 1. The highest BCUT2D eigenvalue weighted by molar-refractivity contribution is 6.31. The normalized spacial score (nSPS) is 14.5. The number of rotatable bonds is 6. The van der Waals surface area contributed by atoms with Crippen LogP contribution in [0.15, 0.2) is 60.8 Å². The molecule has 0 aliphatic heterocycles. The molecule has 0 spiro atoms. The summed E-state index contributed by atoms with van der Waals surface area (Å²) in [5.74, 6) is -2.07. The Morgan fingerprint density at radius 2 is 1.66 bits per heavy atom. The van der Waals surface area contributed by atoms with Crippen molar-refractivity contribution in [3.05, 3.63) is 87.7 Å². The molecular formula is C22H16Cl2F3NO4. The monoisotopic (exact) mass is 485 g/mol. The maximum absolute atomic E-state index is 14.0. The van der Waals surface area contributed by atoms with Crippen molar-refractivity contribution >= 4 is 29.2 Å². The molecule has 0 radical (unpaired) electrons. The van der Waals surface area contributed by atoms with Gasteiger partial charge in [0.1, 0.15) is 16.7 Å². The van der Waals surface area contributed by atoms with Gasteiger partial charge in [-0.1, -0.05) is 36.2 Å². The SMILES string of the molecule is CC(c1ccc(Oc2ccc(C(=O)O)cc2)cc1Cl)C(O)(c1ccnc(Cl)c1)C(F)(F)F. The molecule has 2 aromatic carbocycles. The zero-order valence-electron chi connectivity index (χ0n) is 16.4. The molecule has 0 saturated heterocycles. The van der Waals surface area contributed by atoms with Crippen molar-refractivity contribution in [1.82, 2.24) is 4.98 Å². The molecule has 10 heteroatoms. The van der Waals surface area contributed by atoms with E-state index in [0.29, 0.717) is 5.75 Å². The van der Waals surface area contributed by atoms with Gasteiger partial charge in [0, 0.05) is 17.1 Å². The lowest BCUT2D eigenvalue weighted by atomic mass is 9.78. The molecule has 5 nitrogen and oxygen atoms in total. The van der Waals surface area contributed by atoms with Crippen molar-refractivity contribution in [2.24, 2.45) is 0 Å². The van der Waals surface area contributed by atoms with Gasteiger partial charge in [-0.05, 0) is 59.7 Å². The fourth-order valence-electron chi connectivity index (χ4n) is 3.25. The maximum atomic E-state index is 14.0. The van der Waals surface area contributed by atoms with Crippen LogP contribution in [0.2, 0.25) is 10.2 Å². The van der Waals surface area contributed by atoms with Crippen LogP contribution >= 0.6 is 23.2 Å². The number of ether oxygens (including phenoxy) is 1. The van der Waals surface area contributed by atoms with Gasteiger partial charge in [0.25, 0.3) is 0 Å². The highest BCUT2D eigenvalue weighted by Gasteiger charge is 2.59. The summed E-state index contributed by atoms with van der Waals surface area (Å²) in [7, 11) is 0. The molecule has 3 aromatic rings. The van der Waals surface area contributed by atoms with Crippen LogP contribution in [0.5, 0.6) is 11.5 Å². The van der Waals surface area contributed by atoms with Gasteiger partial charge in [-0.15, -0.1) is 0 Å². The molecule has 1 aromatic heterocycles. The molecule has 0 amide bonds. The van der Waals surface area contributed by atoms with E-state index in [2.05, 4.69) is 4.98 Å². The van der Waals surface area contributed by atoms with Crippen molar-refractivity contribution in [3.8, 4) is 11.5 Å². The topological polar surface area (TPSA) is 79.7 Å². The summed E-state index contributed by atoms with van der Waals surface area (Å²) in [6.07, 6.45) is -3.96. The minimum absolute atomic E-state index is 0.0352. The summed E-state index contributed by atoms with van der Waals surface area (Å²) < 4.78 is 47.7. The number of carboxylic acid groups (broad SMARTS) is 1. The van der Waals surface area contributed by atoms with Gasteiger partial charge in [0.15, 0.2) is 5.60 Å². The first-order valence-corrected chi connectivity index (χ1v) is 9.91. The number of benzene rings is 2. The third kappa shape index (κ3) is 4.67. The van der Waals surface area contributed by atoms with Crippen molar-refractivity contribution in [1.29, 1.82) is 0 Å². The molecular weight excluding hydrogens is 470 g/mol. The Morgan fingerprint density at radius 1 is 1.03 bits per heavy atom. The molecule has 2 atom stereocenters. The quantitative estimate of drug-likeness (QED) is 0.393. The Morgan fingerprint density at radius 3 is 2.19 bits per heavy atom. The number of alkyl halides is 3. The number of carbonyl (C=O) groups is 1. The third-order valence-corrected chi connectivity index (χ3v) is 5.53. The average Bonchev–Trinajstić information content (AvgIpc) is 2.72. The van der Waals surface area contributed by atoms with Crippen LogP contribution in [0, 0.1) is 0 Å². The Bertz CT molecular complexity index is 1140. The summed E-state index contributed by atoms with van der Waals surface area (Å²) >= 11 is 12.0. The number of carboxylic acids is 1. The van der Waals surface area contributed by atoms with Gasteiger partial charge in [-0.2, -0.15) is 13.2 Å². The molecule has 3 rings (SSSR count). The van der Waals surface area contributed by atoms with Crippen molar-refractivity contribution in [2.75, 3.05) is 0 Å². The molecule has 0 aliphatic carbocycles. The van der Waals surface area contributed by atoms with Gasteiger partial charge < -0.3 is 14.9 Å². The van der Waals surface area contributed by atoms with E-state index in [1.54, 1.807) is 0 Å². The van der Waals surface area contributed by atoms with Crippen LogP contribution < -0.4 is 4.74 Å². The van der Waals surface area contributed by atoms with E-state index in [9.17, 15) is 23.1 Å². The number of pyridine rings is 1. The number of hydrogen-bond acceptors (Lipinski definition) is 4. The Hall–Kier alpha value is -2.81. The zero-order chi connectivity index (χ0) is 23.7. The third-order valence-electron chi connectivity index (χ3n) is 5.00. The predicted octanol–water partition coefficient (Wildman–Crippen LogP) is 6.43. The second-order valence-electron chi connectivity index (χ2n) is 6.97. The van der Waals surface area contributed by atoms with E-state index in [1.165, 1.54) is 49.4 Å². The zero-order valence-corrected chi connectivity index (χ0v) is 17.9. The second-order valence-corrected chi connectivity index (χ2v) is 7.76. The fraction of sp³-hybridized carbons (Fsp3) is 0.182. The van der Waals surface area contributed by atoms with E-state index in [4.69, 9.17) is 33.0 Å². The molecule has 2 unspecified atom stereocenters. The number of halogens is 5. The van der Waals surface area contributed by atoms with E-state index in [0.717, 1.165) is 18.3 Å². The van der Waals surface area contributed by atoms with E-state index in [1.807, 2.05) is 0 Å². The lowest BCUT2D eigenvalue weighted by molar-refractivity contribution is -0.274. The molecule has 0 aliphatic rings. The first-order valence-electron chi connectivity index (χ1n) is 9.15. The van der Waals surface area contributed by atoms with Crippen LogP contribution in [-0.4, -0.2) is 27.3 Å². The Labute approximate surface area is 191 Å². The lowest BCUT2D eigenvalue weighted by Gasteiger charge is -2.37. The maximum Gasteiger partial charge on any atom is 0.422 e. The van der Waals surface area contributed by atoms with Crippen LogP contribution in [0.3, 0.4) is 0 Å². The highest BCUT2D eigenvalue weighted by Crippen LogP contribution is 2.50. The van der Waals surface area contributed by atoms with Crippen LogP contribution in [-0.2, 0) is 5.60 Å². The van der Waals surface area contributed by atoms with Gasteiger partial charge in [-0.25, -0.2) is 9.78 Å². The first-order chi connectivity index (χ1) is 14.9. The number of aliphatic hydroxyl groups is 1. The number of nitrogens with zero attached hydrogens (tertiary/aromatic N) is 1. The molecule has 0 bridgehead atoms. The summed E-state index contributed by atoms with van der Waals surface area (Å²) in [6.45, 7) is 1.20. The Kier molecular flexibility index (Phi) is 6.69. The van der Waals surface area contributed by atoms with Crippen molar-refractivity contribution in [2.45, 2.75) is 24.6 Å². The molecule has 0 fully saturated rings. The summed E-state index contributed by atoms with van der Waals surface area (Å²) in [6, 6.07) is 11.6. The van der Waals surface area contributed by atoms with Gasteiger partial charge in [-0.3, -0.25) is 0 Å². The number of aromatic nitrogens is 1. The van der Waals surface area contributed by atoms with Crippen LogP contribution in [0.4, 0.5) is 13.2 Å². The second kappa shape index (κ2) is 8.97. The minimum atomic E-state index is -5.04. The largest absolute Gasteiger partial charge is 0.478 e. The first kappa shape index (κ1) is 23.8. The number of hydrogen-bond donors (Lipinski definition) is 2. The van der Waals surface area contributed by atoms with Crippen LogP contribution in [0.25, 0.3) is 0 Å². The molecule has 2 N–H and O–H groups in total. The standard InChI is InChI=1S/C22H16Cl2F3NO4/c1-12(21(31,22(25,26)27)14-8-9-28-19(24)10-14)17-7-6-16(11-18(17)23)32-15-4-2-13(3-5-15)20(29)30/h2-12,31H,1H3,(H,29,30). The van der Waals surface area contributed by atoms with Crippen LogP contribution in [0.1, 0.15) is 34.3 Å². The van der Waals surface area contributed by atoms with Gasteiger partial charge >= 0.3 is 12.1 Å². The average molecular weight is 486 g/mol. The summed E-state index contributed by atoms with van der Waals surface area (Å²) in [4.78, 5) is 14.6. The fourth-order valence-corrected chi connectivity index (χ4v) is 3.76. The Balaban J connectivity index is 1.93. The van der Waals surface area contributed by atoms with Crippen molar-refractivity contribution < 1.29 is 32.9 Å². The predicted molar refractivity (Wildman–Crippen MR) is 113 cm³/mol. The molecule has 0 saturated carbocycles. The smallest absolute Gasteiger partial charge is 0.422 e. The van der Waals surface area contributed by atoms with E-state index in [-0.39, 0.29) is 27.1 Å². The summed E-state index contributed by atoms with van der Waals surface area (Å²) in [5, 5.41) is 19.5. The molecule has 1 heterocycles. The van der Waals surface area contributed by atoms with Gasteiger partial charge in [0.2, 0.25) is 0 Å². The van der Waals surface area contributed by atoms with Gasteiger partial charge in [0.05, 0.1) is 5.56 Å². The molecule has 32 heavy (non-hydrogen) atoms. The highest BCUT2D eigenvalue weighted by atomic mass is 35.5. The lowest BCUT2D eigenvalue weighted by Crippen LogP contribution is -2.46. The van der Waals surface area contributed by atoms with E-state index >= 15 is 0 Å².